The standard InChI is InChI=1S/C7H13BrN2O2.Li.H/c1-3-7(8,4-2)5(11)10-6(9)12;;/h3-4H2,1-2H3,(H3,9,10,11,12);;. The molecular weight excluding hydrogens is 231 g/mol. The quantitative estimate of drug-likeness (QED) is 0.560. The number of hydrogen-bond donors (Lipinski definition) is 2. The summed E-state index contributed by atoms with van der Waals surface area (Å²) in [4.78, 5) is 21.6. The topological polar surface area (TPSA) is 72.2 Å². The number of alkyl halides is 1. The van der Waals surface area contributed by atoms with Gasteiger partial charge in [0.15, 0.2) is 0 Å². The van der Waals surface area contributed by atoms with E-state index in [9.17, 15) is 9.59 Å². The number of hydrogen-bond acceptors (Lipinski definition) is 2. The number of carbonyl (C=O) groups is 2. The third-order valence-corrected chi connectivity index (χ3v) is 3.25. The van der Waals surface area contributed by atoms with Crippen molar-refractivity contribution >= 4 is 46.7 Å². The zero-order valence-corrected chi connectivity index (χ0v) is 8.77. The van der Waals surface area contributed by atoms with E-state index in [1.807, 2.05) is 19.2 Å². The van der Waals surface area contributed by atoms with Gasteiger partial charge in [0, 0.05) is 0 Å². The second-order valence-corrected chi connectivity index (χ2v) is 4.01. The zero-order chi connectivity index (χ0) is 9.78. The maximum atomic E-state index is 11.3. The average molecular weight is 245 g/mol. The summed E-state index contributed by atoms with van der Waals surface area (Å²) in [6.45, 7) is 3.72. The molecule has 0 rings (SSSR count). The van der Waals surface area contributed by atoms with Crippen LogP contribution in [0.4, 0.5) is 4.79 Å². The Bertz CT molecular complexity index is 195. The molecule has 0 heterocycles. The Morgan fingerprint density at radius 2 is 1.77 bits per heavy atom. The van der Waals surface area contributed by atoms with Gasteiger partial charge >= 0.3 is 24.9 Å². The normalized spacial score (nSPS) is 10.1. The molecule has 0 radical (unpaired) electrons. The fourth-order valence-electron chi connectivity index (χ4n) is 0.795. The molecule has 0 saturated carbocycles. The van der Waals surface area contributed by atoms with Gasteiger partial charge in [0.25, 0.3) is 0 Å². The molecule has 0 aliphatic heterocycles. The van der Waals surface area contributed by atoms with Crippen molar-refractivity contribution < 1.29 is 9.59 Å². The Balaban J connectivity index is 0. The Labute approximate surface area is 98.3 Å². The summed E-state index contributed by atoms with van der Waals surface area (Å²) >= 11 is 3.26. The molecule has 4 nitrogen and oxygen atoms in total. The van der Waals surface area contributed by atoms with Gasteiger partial charge in [-0.1, -0.05) is 29.8 Å². The average Bonchev–Trinajstić information content (AvgIpc) is 2.02. The van der Waals surface area contributed by atoms with Crippen LogP contribution in [0.15, 0.2) is 0 Å². The number of halogens is 1. The molecule has 0 aliphatic rings. The van der Waals surface area contributed by atoms with Gasteiger partial charge in [-0.2, -0.15) is 0 Å². The zero-order valence-electron chi connectivity index (χ0n) is 7.19. The van der Waals surface area contributed by atoms with Crippen LogP contribution in [0.2, 0.25) is 0 Å². The molecule has 0 saturated heterocycles. The van der Waals surface area contributed by atoms with Crippen molar-refractivity contribution in [1.29, 1.82) is 0 Å². The van der Waals surface area contributed by atoms with Crippen LogP contribution in [0.25, 0.3) is 0 Å². The van der Waals surface area contributed by atoms with Crippen LogP contribution in [0.3, 0.4) is 0 Å². The second-order valence-electron chi connectivity index (χ2n) is 2.49. The van der Waals surface area contributed by atoms with Crippen LogP contribution in [0.1, 0.15) is 26.7 Å². The SMILES string of the molecule is CCC(Br)(CC)C(=O)NC(N)=O.[LiH]. The van der Waals surface area contributed by atoms with Crippen molar-refractivity contribution in [3.63, 3.8) is 0 Å². The minimum atomic E-state index is -0.814. The van der Waals surface area contributed by atoms with Crippen LogP contribution < -0.4 is 11.1 Å². The number of amides is 3. The van der Waals surface area contributed by atoms with Gasteiger partial charge in [0.05, 0.1) is 0 Å². The van der Waals surface area contributed by atoms with Gasteiger partial charge in [-0.05, 0) is 12.8 Å². The molecule has 13 heavy (non-hydrogen) atoms. The first kappa shape index (κ1) is 15.5. The van der Waals surface area contributed by atoms with Gasteiger partial charge < -0.3 is 5.73 Å². The van der Waals surface area contributed by atoms with E-state index in [1.54, 1.807) is 0 Å². The van der Waals surface area contributed by atoms with Crippen molar-refractivity contribution in [2.75, 3.05) is 0 Å². The van der Waals surface area contributed by atoms with Gasteiger partial charge in [0.2, 0.25) is 5.91 Å². The third kappa shape index (κ3) is 4.70. The number of rotatable bonds is 3. The number of urea groups is 1. The maximum absolute atomic E-state index is 11.3. The summed E-state index contributed by atoms with van der Waals surface area (Å²) in [6, 6.07) is -0.814. The molecule has 0 atom stereocenters. The fraction of sp³-hybridized carbons (Fsp3) is 0.714. The number of imide groups is 1. The summed E-state index contributed by atoms with van der Waals surface area (Å²) in [6.07, 6.45) is 1.23. The number of primary amides is 1. The van der Waals surface area contributed by atoms with Gasteiger partial charge in [-0.15, -0.1) is 0 Å². The molecular formula is C7H14BrLiN2O2. The number of carbonyl (C=O) groups excluding carboxylic acids is 2. The van der Waals surface area contributed by atoms with Crippen molar-refractivity contribution in [2.24, 2.45) is 5.73 Å². The molecule has 6 heteroatoms. The molecule has 3 amide bonds. The first-order valence-corrected chi connectivity index (χ1v) is 4.55. The van der Waals surface area contributed by atoms with Crippen LogP contribution in [-0.4, -0.2) is 35.1 Å². The molecule has 0 spiro atoms. The van der Waals surface area contributed by atoms with Crippen molar-refractivity contribution in [3.05, 3.63) is 0 Å². The van der Waals surface area contributed by atoms with Crippen LogP contribution in [-0.2, 0) is 4.79 Å². The summed E-state index contributed by atoms with van der Waals surface area (Å²) in [5, 5.41) is 2.04. The molecule has 3 N–H and O–H groups in total. The molecule has 0 aliphatic carbocycles. The monoisotopic (exact) mass is 244 g/mol. The fourth-order valence-corrected chi connectivity index (χ4v) is 0.894. The van der Waals surface area contributed by atoms with Crippen LogP contribution >= 0.6 is 15.9 Å². The summed E-state index contributed by atoms with van der Waals surface area (Å²) in [5.74, 6) is -0.375. The van der Waals surface area contributed by atoms with E-state index >= 15 is 0 Å². The summed E-state index contributed by atoms with van der Waals surface area (Å²) in [5.41, 5.74) is 4.81. The van der Waals surface area contributed by atoms with E-state index in [0.29, 0.717) is 12.8 Å². The predicted molar refractivity (Wildman–Crippen MR) is 57.1 cm³/mol. The molecule has 0 unspecified atom stereocenters. The molecule has 0 aromatic rings. The van der Waals surface area contributed by atoms with E-state index in [-0.39, 0.29) is 24.8 Å². The molecule has 0 bridgehead atoms. The van der Waals surface area contributed by atoms with E-state index in [1.165, 1.54) is 0 Å². The molecule has 72 valence electrons. The van der Waals surface area contributed by atoms with Crippen molar-refractivity contribution in [2.45, 2.75) is 31.0 Å². The molecule has 0 fully saturated rings. The Morgan fingerprint density at radius 1 is 1.38 bits per heavy atom. The molecule has 0 aromatic heterocycles. The Kier molecular flexibility index (Phi) is 7.71. The van der Waals surface area contributed by atoms with Gasteiger partial charge in [0.1, 0.15) is 4.32 Å². The van der Waals surface area contributed by atoms with Gasteiger partial charge in [-0.3, -0.25) is 10.1 Å². The Morgan fingerprint density at radius 3 is 2.00 bits per heavy atom. The predicted octanol–water partition coefficient (Wildman–Crippen LogP) is 0.486. The van der Waals surface area contributed by atoms with Crippen molar-refractivity contribution in [1.82, 2.24) is 5.32 Å². The van der Waals surface area contributed by atoms with E-state index in [2.05, 4.69) is 15.9 Å². The van der Waals surface area contributed by atoms with Crippen molar-refractivity contribution in [3.8, 4) is 0 Å². The van der Waals surface area contributed by atoms with Crippen LogP contribution in [0.5, 0.6) is 0 Å². The van der Waals surface area contributed by atoms with E-state index in [4.69, 9.17) is 5.73 Å². The number of nitrogens with one attached hydrogen (secondary N) is 1. The Hall–Kier alpha value is 0.0174. The first-order valence-electron chi connectivity index (χ1n) is 3.76. The third-order valence-electron chi connectivity index (χ3n) is 1.76. The number of nitrogens with two attached hydrogens (primary N) is 1. The first-order chi connectivity index (χ1) is 5.46. The van der Waals surface area contributed by atoms with Crippen LogP contribution in [0, 0.1) is 0 Å². The van der Waals surface area contributed by atoms with E-state index in [0.717, 1.165) is 0 Å². The summed E-state index contributed by atoms with van der Waals surface area (Å²) in [7, 11) is 0. The second kappa shape index (κ2) is 6.47. The van der Waals surface area contributed by atoms with Gasteiger partial charge in [-0.25, -0.2) is 4.79 Å². The molecule has 0 aromatic carbocycles. The van der Waals surface area contributed by atoms with E-state index < -0.39 is 10.4 Å². The summed E-state index contributed by atoms with van der Waals surface area (Å²) < 4.78 is -0.665. The minimum absolute atomic E-state index is 0.